The quantitative estimate of drug-likeness (QED) is 0.814. The summed E-state index contributed by atoms with van der Waals surface area (Å²) in [4.78, 5) is 17.9. The van der Waals surface area contributed by atoms with Gasteiger partial charge in [0.15, 0.2) is 0 Å². The van der Waals surface area contributed by atoms with E-state index < -0.39 is 0 Å². The lowest BCUT2D eigenvalue weighted by atomic mass is 10.2. The summed E-state index contributed by atoms with van der Waals surface area (Å²) >= 11 is 6.92. The van der Waals surface area contributed by atoms with Crippen molar-refractivity contribution < 1.29 is 4.74 Å². The first-order valence-electron chi connectivity index (χ1n) is 6.17. The number of fused-ring (bicyclic) bond motifs is 1. The SMILES string of the molecule is Cc1sc2[nH]c(=S)n(N3CCOCC3)c(=O)c2c1C. The molecule has 0 radical (unpaired) electrons. The highest BCUT2D eigenvalue weighted by Gasteiger charge is 2.18. The molecule has 0 aromatic carbocycles. The van der Waals surface area contributed by atoms with Gasteiger partial charge in [-0.15, -0.1) is 11.3 Å². The van der Waals surface area contributed by atoms with E-state index in [1.165, 1.54) is 0 Å². The molecule has 0 unspecified atom stereocenters. The van der Waals surface area contributed by atoms with Crippen LogP contribution in [0.25, 0.3) is 10.2 Å². The number of morpholine rings is 1. The second-order valence-electron chi connectivity index (χ2n) is 4.60. The third-order valence-electron chi connectivity index (χ3n) is 3.47. The summed E-state index contributed by atoms with van der Waals surface area (Å²) in [6.45, 7) is 6.63. The van der Waals surface area contributed by atoms with Crippen LogP contribution in [-0.2, 0) is 4.74 Å². The first-order valence-corrected chi connectivity index (χ1v) is 7.40. The lowest BCUT2D eigenvalue weighted by Crippen LogP contribution is -2.49. The molecule has 1 saturated heterocycles. The average molecular weight is 297 g/mol. The highest BCUT2D eigenvalue weighted by Crippen LogP contribution is 2.25. The molecule has 1 aliphatic rings. The number of aryl methyl sites for hydroxylation is 2. The summed E-state index contributed by atoms with van der Waals surface area (Å²) in [6, 6.07) is 0. The van der Waals surface area contributed by atoms with Gasteiger partial charge in [0, 0.05) is 4.88 Å². The molecule has 1 N–H and O–H groups in total. The molecule has 7 heteroatoms. The predicted octanol–water partition coefficient (Wildman–Crippen LogP) is 1.71. The molecular formula is C12H15N3O2S2. The Morgan fingerprint density at radius 2 is 2.00 bits per heavy atom. The summed E-state index contributed by atoms with van der Waals surface area (Å²) in [5.41, 5.74) is 1.01. The molecule has 5 nitrogen and oxygen atoms in total. The Kier molecular flexibility index (Phi) is 3.20. The standard InChI is InChI=1S/C12H15N3O2S2/c1-7-8(2)19-10-9(7)11(16)15(12(18)13-10)14-3-5-17-6-4-14/h3-6H2,1-2H3,(H,13,18). The van der Waals surface area contributed by atoms with Crippen LogP contribution in [0.3, 0.4) is 0 Å². The molecule has 1 aliphatic heterocycles. The number of thiophene rings is 1. The van der Waals surface area contributed by atoms with Gasteiger partial charge in [0.2, 0.25) is 4.77 Å². The first kappa shape index (κ1) is 12.8. The zero-order valence-electron chi connectivity index (χ0n) is 10.9. The Hall–Kier alpha value is -1.18. The highest BCUT2D eigenvalue weighted by molar-refractivity contribution is 7.71. The number of ether oxygens (including phenoxy) is 1. The lowest BCUT2D eigenvalue weighted by Gasteiger charge is -2.29. The number of nitrogens with zero attached hydrogens (tertiary/aromatic N) is 2. The predicted molar refractivity (Wildman–Crippen MR) is 79.5 cm³/mol. The van der Waals surface area contributed by atoms with Gasteiger partial charge in [0.1, 0.15) is 4.83 Å². The largest absolute Gasteiger partial charge is 0.378 e. The number of hydrogen-bond donors (Lipinski definition) is 1. The second kappa shape index (κ2) is 4.73. The van der Waals surface area contributed by atoms with Gasteiger partial charge in [-0.3, -0.25) is 4.79 Å². The number of H-pyrrole nitrogens is 1. The van der Waals surface area contributed by atoms with Crippen molar-refractivity contribution >= 4 is 33.8 Å². The molecule has 0 bridgehead atoms. The zero-order chi connectivity index (χ0) is 13.6. The van der Waals surface area contributed by atoms with Gasteiger partial charge in [0.05, 0.1) is 31.7 Å². The summed E-state index contributed by atoms with van der Waals surface area (Å²) in [6.07, 6.45) is 0. The molecule has 0 amide bonds. The molecule has 0 saturated carbocycles. The number of aromatic amines is 1. The van der Waals surface area contributed by atoms with Gasteiger partial charge in [-0.25, -0.2) is 0 Å². The number of aromatic nitrogens is 2. The smallest absolute Gasteiger partial charge is 0.282 e. The van der Waals surface area contributed by atoms with Gasteiger partial charge in [0.25, 0.3) is 5.56 Å². The summed E-state index contributed by atoms with van der Waals surface area (Å²) < 4.78 is 7.36. The van der Waals surface area contributed by atoms with Crippen LogP contribution in [-0.4, -0.2) is 36.0 Å². The maximum atomic E-state index is 12.7. The zero-order valence-corrected chi connectivity index (χ0v) is 12.5. The van der Waals surface area contributed by atoms with E-state index in [1.807, 2.05) is 18.9 Å². The van der Waals surface area contributed by atoms with Crippen molar-refractivity contribution in [1.82, 2.24) is 9.66 Å². The first-order chi connectivity index (χ1) is 9.09. The van der Waals surface area contributed by atoms with Crippen molar-refractivity contribution in [3.05, 3.63) is 25.6 Å². The van der Waals surface area contributed by atoms with Crippen LogP contribution < -0.4 is 10.6 Å². The molecule has 0 aliphatic carbocycles. The monoisotopic (exact) mass is 297 g/mol. The normalized spacial score (nSPS) is 16.2. The fraction of sp³-hybridized carbons (Fsp3) is 0.500. The Balaban J connectivity index is 2.27. The Morgan fingerprint density at radius 1 is 1.32 bits per heavy atom. The van der Waals surface area contributed by atoms with Crippen LogP contribution in [0.1, 0.15) is 10.4 Å². The minimum absolute atomic E-state index is 0.0255. The average Bonchev–Trinajstić information content (AvgIpc) is 2.66. The molecule has 19 heavy (non-hydrogen) atoms. The maximum absolute atomic E-state index is 12.7. The van der Waals surface area contributed by atoms with E-state index in [1.54, 1.807) is 16.0 Å². The van der Waals surface area contributed by atoms with Crippen LogP contribution in [0.5, 0.6) is 0 Å². The third-order valence-corrected chi connectivity index (χ3v) is 4.87. The third kappa shape index (κ3) is 2.01. The lowest BCUT2D eigenvalue weighted by molar-refractivity contribution is 0.110. The van der Waals surface area contributed by atoms with E-state index in [2.05, 4.69) is 4.98 Å². The minimum Gasteiger partial charge on any atom is -0.378 e. The van der Waals surface area contributed by atoms with E-state index in [0.29, 0.717) is 31.1 Å². The minimum atomic E-state index is -0.0255. The van der Waals surface area contributed by atoms with Crippen molar-refractivity contribution in [2.45, 2.75) is 13.8 Å². The Bertz CT molecular complexity index is 738. The topological polar surface area (TPSA) is 50.3 Å². The van der Waals surface area contributed by atoms with E-state index >= 15 is 0 Å². The Morgan fingerprint density at radius 3 is 2.68 bits per heavy atom. The fourth-order valence-electron chi connectivity index (χ4n) is 2.33. The Labute approximate surface area is 119 Å². The van der Waals surface area contributed by atoms with Crippen LogP contribution in [0.2, 0.25) is 0 Å². The van der Waals surface area contributed by atoms with E-state index in [-0.39, 0.29) is 5.56 Å². The van der Waals surface area contributed by atoms with Crippen molar-refractivity contribution in [1.29, 1.82) is 0 Å². The van der Waals surface area contributed by atoms with E-state index in [4.69, 9.17) is 17.0 Å². The van der Waals surface area contributed by atoms with Crippen molar-refractivity contribution in [3.63, 3.8) is 0 Å². The molecule has 2 aromatic heterocycles. The van der Waals surface area contributed by atoms with Gasteiger partial charge in [-0.2, -0.15) is 4.68 Å². The summed E-state index contributed by atoms with van der Waals surface area (Å²) in [7, 11) is 0. The van der Waals surface area contributed by atoms with Crippen molar-refractivity contribution in [2.75, 3.05) is 31.3 Å². The second-order valence-corrected chi connectivity index (χ2v) is 6.21. The molecule has 0 spiro atoms. The van der Waals surface area contributed by atoms with Gasteiger partial charge in [-0.1, -0.05) is 0 Å². The molecular weight excluding hydrogens is 282 g/mol. The molecule has 2 aromatic rings. The van der Waals surface area contributed by atoms with Crippen molar-refractivity contribution in [2.24, 2.45) is 0 Å². The van der Waals surface area contributed by atoms with Crippen LogP contribution >= 0.6 is 23.6 Å². The summed E-state index contributed by atoms with van der Waals surface area (Å²) in [5.74, 6) is 0. The van der Waals surface area contributed by atoms with Gasteiger partial charge < -0.3 is 14.7 Å². The number of hydrogen-bond acceptors (Lipinski definition) is 5. The molecule has 102 valence electrons. The molecule has 0 atom stereocenters. The van der Waals surface area contributed by atoms with Gasteiger partial charge >= 0.3 is 0 Å². The molecule has 1 fully saturated rings. The van der Waals surface area contributed by atoms with Crippen LogP contribution in [0.15, 0.2) is 4.79 Å². The molecule has 3 rings (SSSR count). The maximum Gasteiger partial charge on any atom is 0.282 e. The van der Waals surface area contributed by atoms with Crippen LogP contribution in [0, 0.1) is 18.6 Å². The van der Waals surface area contributed by atoms with Gasteiger partial charge in [-0.05, 0) is 31.6 Å². The van der Waals surface area contributed by atoms with E-state index in [0.717, 1.165) is 20.7 Å². The van der Waals surface area contributed by atoms with Crippen LogP contribution in [0.4, 0.5) is 0 Å². The number of nitrogens with one attached hydrogen (secondary N) is 1. The summed E-state index contributed by atoms with van der Waals surface area (Å²) in [5, 5.41) is 2.71. The highest BCUT2D eigenvalue weighted by atomic mass is 32.1. The number of rotatable bonds is 1. The fourth-order valence-corrected chi connectivity index (χ4v) is 3.75. The van der Waals surface area contributed by atoms with Crippen molar-refractivity contribution in [3.8, 4) is 0 Å². The van der Waals surface area contributed by atoms with E-state index in [9.17, 15) is 4.79 Å². The molecule has 3 heterocycles.